The van der Waals surface area contributed by atoms with Crippen LogP contribution in [0.4, 0.5) is 0 Å². The van der Waals surface area contributed by atoms with Crippen molar-refractivity contribution in [3.8, 4) is 0 Å². The molecule has 0 N–H and O–H groups in total. The summed E-state index contributed by atoms with van der Waals surface area (Å²) in [6, 6.07) is 9.64. The molecule has 0 radical (unpaired) electrons. The SMILES string of the molecule is O=C(OCc1ccccc1)C1=CN2CC=CN=C2C=C1. The van der Waals surface area contributed by atoms with Gasteiger partial charge in [-0.1, -0.05) is 30.3 Å². The Morgan fingerprint density at radius 2 is 2.10 bits per heavy atom. The number of carbonyl (C=O) groups is 1. The van der Waals surface area contributed by atoms with Crippen LogP contribution < -0.4 is 0 Å². The molecular formula is C16H14N2O2. The lowest BCUT2D eigenvalue weighted by Gasteiger charge is -2.24. The number of fused-ring (bicyclic) bond motifs is 1. The van der Waals surface area contributed by atoms with Crippen molar-refractivity contribution in [3.05, 3.63) is 72.1 Å². The molecular weight excluding hydrogens is 252 g/mol. The van der Waals surface area contributed by atoms with Crippen molar-refractivity contribution < 1.29 is 9.53 Å². The molecule has 0 aliphatic carbocycles. The summed E-state index contributed by atoms with van der Waals surface area (Å²) in [6.07, 6.45) is 9.04. The highest BCUT2D eigenvalue weighted by atomic mass is 16.5. The van der Waals surface area contributed by atoms with Crippen LogP contribution in [0.2, 0.25) is 0 Å². The molecule has 0 saturated carbocycles. The van der Waals surface area contributed by atoms with Gasteiger partial charge in [0.25, 0.3) is 0 Å². The normalized spacial score (nSPS) is 16.3. The first-order valence-electron chi connectivity index (χ1n) is 6.43. The van der Waals surface area contributed by atoms with E-state index < -0.39 is 0 Å². The number of nitrogens with zero attached hydrogens (tertiary/aromatic N) is 2. The zero-order valence-corrected chi connectivity index (χ0v) is 10.9. The number of amidine groups is 1. The lowest BCUT2D eigenvalue weighted by Crippen LogP contribution is -2.29. The number of rotatable bonds is 3. The van der Waals surface area contributed by atoms with Crippen molar-refractivity contribution in [1.82, 2.24) is 4.90 Å². The lowest BCUT2D eigenvalue weighted by molar-refractivity contribution is -0.139. The van der Waals surface area contributed by atoms with Crippen molar-refractivity contribution in [2.24, 2.45) is 4.99 Å². The summed E-state index contributed by atoms with van der Waals surface area (Å²) in [5.41, 5.74) is 1.51. The van der Waals surface area contributed by atoms with Gasteiger partial charge in [0.15, 0.2) is 0 Å². The van der Waals surface area contributed by atoms with E-state index in [0.717, 1.165) is 17.9 Å². The first kappa shape index (κ1) is 12.4. The van der Waals surface area contributed by atoms with E-state index in [-0.39, 0.29) is 12.6 Å². The first-order valence-corrected chi connectivity index (χ1v) is 6.43. The molecule has 0 amide bonds. The molecule has 0 bridgehead atoms. The van der Waals surface area contributed by atoms with Crippen LogP contribution in [0.5, 0.6) is 0 Å². The average molecular weight is 266 g/mol. The number of benzene rings is 1. The Kier molecular flexibility index (Phi) is 3.46. The standard InChI is InChI=1S/C16H14N2O2/c19-16(20-12-13-5-2-1-3-6-13)14-7-8-15-17-9-4-10-18(15)11-14/h1-9,11H,10,12H2. The number of esters is 1. The van der Waals surface area contributed by atoms with Gasteiger partial charge in [-0.25, -0.2) is 9.79 Å². The van der Waals surface area contributed by atoms with Gasteiger partial charge in [-0.2, -0.15) is 0 Å². The molecule has 0 spiro atoms. The maximum Gasteiger partial charge on any atom is 0.339 e. The van der Waals surface area contributed by atoms with Crippen LogP contribution in [0.15, 0.2) is 71.5 Å². The van der Waals surface area contributed by atoms with Crippen LogP contribution in [0.25, 0.3) is 0 Å². The van der Waals surface area contributed by atoms with E-state index in [1.165, 1.54) is 0 Å². The molecule has 2 heterocycles. The zero-order valence-electron chi connectivity index (χ0n) is 10.9. The number of aliphatic imine (C=N–C) groups is 1. The molecule has 0 fully saturated rings. The highest BCUT2D eigenvalue weighted by molar-refractivity contribution is 6.01. The van der Waals surface area contributed by atoms with E-state index in [1.807, 2.05) is 47.4 Å². The van der Waals surface area contributed by atoms with E-state index in [2.05, 4.69) is 4.99 Å². The van der Waals surface area contributed by atoms with Crippen LogP contribution in [0.1, 0.15) is 5.56 Å². The second-order valence-electron chi connectivity index (χ2n) is 4.50. The highest BCUT2D eigenvalue weighted by Gasteiger charge is 2.17. The number of hydrogen-bond acceptors (Lipinski definition) is 4. The van der Waals surface area contributed by atoms with Crippen LogP contribution in [0, 0.1) is 0 Å². The summed E-state index contributed by atoms with van der Waals surface area (Å²) in [5, 5.41) is 0. The summed E-state index contributed by atoms with van der Waals surface area (Å²) in [4.78, 5) is 18.2. The van der Waals surface area contributed by atoms with Gasteiger partial charge in [0.2, 0.25) is 0 Å². The lowest BCUT2D eigenvalue weighted by atomic mass is 10.2. The van der Waals surface area contributed by atoms with Gasteiger partial charge in [0, 0.05) is 18.9 Å². The Morgan fingerprint density at radius 1 is 1.25 bits per heavy atom. The molecule has 4 nitrogen and oxygen atoms in total. The monoisotopic (exact) mass is 266 g/mol. The van der Waals surface area contributed by atoms with Crippen molar-refractivity contribution in [3.63, 3.8) is 0 Å². The predicted molar refractivity (Wildman–Crippen MR) is 76.7 cm³/mol. The van der Waals surface area contributed by atoms with Gasteiger partial charge < -0.3 is 9.64 Å². The molecule has 20 heavy (non-hydrogen) atoms. The summed E-state index contributed by atoms with van der Waals surface area (Å²) >= 11 is 0. The minimum absolute atomic E-state index is 0.283. The Balaban J connectivity index is 1.64. The third-order valence-corrected chi connectivity index (χ3v) is 3.06. The molecule has 3 rings (SSSR count). The molecule has 4 heteroatoms. The van der Waals surface area contributed by atoms with Gasteiger partial charge in [-0.05, 0) is 23.8 Å². The number of ether oxygens (including phenoxy) is 1. The number of carbonyl (C=O) groups excluding carboxylic acids is 1. The molecule has 100 valence electrons. The van der Waals surface area contributed by atoms with Gasteiger partial charge in [0.1, 0.15) is 12.4 Å². The molecule has 1 aromatic rings. The second-order valence-corrected chi connectivity index (χ2v) is 4.50. The minimum atomic E-state index is -0.321. The van der Waals surface area contributed by atoms with E-state index in [0.29, 0.717) is 5.57 Å². The fourth-order valence-corrected chi connectivity index (χ4v) is 2.02. The minimum Gasteiger partial charge on any atom is -0.457 e. The van der Waals surface area contributed by atoms with Gasteiger partial charge >= 0.3 is 5.97 Å². The summed E-state index contributed by atoms with van der Waals surface area (Å²) < 4.78 is 5.30. The highest BCUT2D eigenvalue weighted by Crippen LogP contribution is 2.14. The predicted octanol–water partition coefficient (Wildman–Crippen LogP) is 2.41. The average Bonchev–Trinajstić information content (AvgIpc) is 2.53. The van der Waals surface area contributed by atoms with E-state index in [9.17, 15) is 4.79 Å². The number of hydrogen-bond donors (Lipinski definition) is 0. The van der Waals surface area contributed by atoms with Gasteiger partial charge in [-0.15, -0.1) is 0 Å². The van der Waals surface area contributed by atoms with E-state index in [1.54, 1.807) is 18.5 Å². The van der Waals surface area contributed by atoms with E-state index >= 15 is 0 Å². The van der Waals surface area contributed by atoms with Crippen molar-refractivity contribution in [1.29, 1.82) is 0 Å². The maximum atomic E-state index is 12.0. The summed E-state index contributed by atoms with van der Waals surface area (Å²) in [7, 11) is 0. The van der Waals surface area contributed by atoms with Crippen molar-refractivity contribution >= 4 is 11.8 Å². The van der Waals surface area contributed by atoms with Crippen molar-refractivity contribution in [2.45, 2.75) is 6.61 Å². The van der Waals surface area contributed by atoms with Crippen molar-refractivity contribution in [2.75, 3.05) is 6.54 Å². The third kappa shape index (κ3) is 2.69. The second kappa shape index (κ2) is 5.57. The first-order chi connectivity index (χ1) is 9.83. The molecule has 0 saturated heterocycles. The Bertz CT molecular complexity index is 627. The Labute approximate surface area is 117 Å². The molecule has 0 unspecified atom stereocenters. The van der Waals surface area contributed by atoms with Crippen LogP contribution in [0.3, 0.4) is 0 Å². The summed E-state index contributed by atoms with van der Waals surface area (Å²) in [5.74, 6) is 0.519. The molecule has 0 aromatic heterocycles. The third-order valence-electron chi connectivity index (χ3n) is 3.06. The fourth-order valence-electron chi connectivity index (χ4n) is 2.02. The van der Waals surface area contributed by atoms with Gasteiger partial charge in [-0.3, -0.25) is 0 Å². The smallest absolute Gasteiger partial charge is 0.339 e. The molecule has 2 aliphatic rings. The zero-order chi connectivity index (χ0) is 13.8. The fraction of sp³-hybridized carbons (Fsp3) is 0.125. The van der Waals surface area contributed by atoms with Crippen LogP contribution in [-0.4, -0.2) is 23.2 Å². The van der Waals surface area contributed by atoms with Crippen LogP contribution >= 0.6 is 0 Å². The van der Waals surface area contributed by atoms with Crippen LogP contribution in [-0.2, 0) is 16.1 Å². The van der Waals surface area contributed by atoms with Gasteiger partial charge in [0.05, 0.1) is 5.57 Å². The molecule has 2 aliphatic heterocycles. The topological polar surface area (TPSA) is 41.9 Å². The molecule has 1 aromatic carbocycles. The summed E-state index contributed by atoms with van der Waals surface area (Å²) in [6.45, 7) is 1.00. The largest absolute Gasteiger partial charge is 0.457 e. The maximum absolute atomic E-state index is 12.0. The molecule has 0 atom stereocenters. The quantitative estimate of drug-likeness (QED) is 0.789. The Hall–Kier alpha value is -2.62. The Morgan fingerprint density at radius 3 is 2.95 bits per heavy atom. The van der Waals surface area contributed by atoms with E-state index in [4.69, 9.17) is 4.74 Å².